The maximum absolute atomic E-state index is 13.1. The molecule has 3 aromatic rings. The molecule has 0 aliphatic carbocycles. The number of aryl methyl sites for hydroxylation is 2. The molecule has 3 rings (SSSR count). The Balaban J connectivity index is 1.24. The zero-order chi connectivity index (χ0) is 25.8. The van der Waals surface area contributed by atoms with Crippen LogP contribution in [0.25, 0.3) is 11.0 Å². The zero-order valence-corrected chi connectivity index (χ0v) is 21.4. The first-order chi connectivity index (χ1) is 17.3. The van der Waals surface area contributed by atoms with Crippen molar-refractivity contribution in [1.29, 1.82) is 0 Å². The highest BCUT2D eigenvalue weighted by Crippen LogP contribution is 2.22. The summed E-state index contributed by atoms with van der Waals surface area (Å²) >= 11 is 0. The van der Waals surface area contributed by atoms with E-state index < -0.39 is 11.7 Å². The number of carbonyl (C=O) groups excluding carboxylic acids is 1. The first-order valence-corrected chi connectivity index (χ1v) is 12.4. The summed E-state index contributed by atoms with van der Waals surface area (Å²) in [6, 6.07) is 14.9. The molecule has 7 nitrogen and oxygen atoms in total. The predicted molar refractivity (Wildman–Crippen MR) is 138 cm³/mol. The number of hydrogen-bond donors (Lipinski definition) is 2. The summed E-state index contributed by atoms with van der Waals surface area (Å²) in [5.74, 6) is 0.710. The summed E-state index contributed by atoms with van der Waals surface area (Å²) in [6.07, 6.45) is 1.14. The van der Waals surface area contributed by atoms with E-state index in [2.05, 4.69) is 34.9 Å². The van der Waals surface area contributed by atoms with Crippen molar-refractivity contribution in [3.05, 3.63) is 71.2 Å². The fourth-order valence-electron chi connectivity index (χ4n) is 3.52. The van der Waals surface area contributed by atoms with Crippen LogP contribution < -0.4 is 10.6 Å². The molecule has 0 aliphatic rings. The van der Waals surface area contributed by atoms with Gasteiger partial charge in [-0.3, -0.25) is 0 Å². The van der Waals surface area contributed by atoms with Gasteiger partial charge in [0.2, 0.25) is 0 Å². The van der Waals surface area contributed by atoms with Crippen molar-refractivity contribution >= 4 is 17.1 Å². The molecule has 0 radical (unpaired) electrons. The third-order valence-electron chi connectivity index (χ3n) is 5.25. The predicted octanol–water partition coefficient (Wildman–Crippen LogP) is 5.00. The highest BCUT2D eigenvalue weighted by atomic mass is 19.1. The summed E-state index contributed by atoms with van der Waals surface area (Å²) < 4.78 is 35.2. The van der Waals surface area contributed by atoms with Crippen molar-refractivity contribution in [2.24, 2.45) is 0 Å². The van der Waals surface area contributed by atoms with Gasteiger partial charge in [-0.2, -0.15) is 0 Å². The van der Waals surface area contributed by atoms with Gasteiger partial charge >= 0.3 is 6.09 Å². The van der Waals surface area contributed by atoms with Gasteiger partial charge in [-0.1, -0.05) is 24.3 Å². The molecular formula is C28H37FN2O5. The van der Waals surface area contributed by atoms with Gasteiger partial charge in [0, 0.05) is 31.4 Å². The normalized spacial score (nSPS) is 11.7. The molecule has 1 aromatic heterocycles. The van der Waals surface area contributed by atoms with Crippen molar-refractivity contribution in [3.63, 3.8) is 0 Å². The van der Waals surface area contributed by atoms with E-state index in [0.29, 0.717) is 33.0 Å². The van der Waals surface area contributed by atoms with Gasteiger partial charge in [-0.15, -0.1) is 0 Å². The Bertz CT molecular complexity index is 1080. The standard InChI is InChI=1S/C28H37FN2O5/c1-28(2,3)36-27(32)31-13-15-34-17-16-33-14-12-30-20-22-4-8-23-19-25(35-26(23)18-22)11-7-21-5-9-24(29)10-6-21/h4-6,8-10,18-19,30H,7,11-17,20H2,1-3H3,(H,31,32). The first-order valence-electron chi connectivity index (χ1n) is 12.4. The minimum atomic E-state index is -0.505. The molecule has 8 heteroatoms. The van der Waals surface area contributed by atoms with E-state index in [0.717, 1.165) is 53.8 Å². The molecule has 0 spiro atoms. The minimum Gasteiger partial charge on any atom is -0.461 e. The van der Waals surface area contributed by atoms with E-state index in [1.807, 2.05) is 32.9 Å². The number of alkyl carbamates (subject to hydrolysis) is 1. The monoisotopic (exact) mass is 500 g/mol. The van der Waals surface area contributed by atoms with E-state index >= 15 is 0 Å². The van der Waals surface area contributed by atoms with Crippen molar-refractivity contribution in [1.82, 2.24) is 10.6 Å². The fraction of sp³-hybridized carbons (Fsp3) is 0.464. The smallest absolute Gasteiger partial charge is 0.407 e. The minimum absolute atomic E-state index is 0.217. The molecule has 0 aliphatic heterocycles. The third kappa shape index (κ3) is 10.4. The van der Waals surface area contributed by atoms with E-state index in [1.165, 1.54) is 12.1 Å². The van der Waals surface area contributed by atoms with Crippen LogP contribution in [0.3, 0.4) is 0 Å². The lowest BCUT2D eigenvalue weighted by molar-refractivity contribution is 0.0403. The molecule has 2 N–H and O–H groups in total. The number of amides is 1. The van der Waals surface area contributed by atoms with Crippen molar-refractivity contribution in [2.75, 3.05) is 39.5 Å². The molecule has 2 aromatic carbocycles. The second-order valence-electron chi connectivity index (χ2n) is 9.54. The van der Waals surface area contributed by atoms with Crippen molar-refractivity contribution in [3.8, 4) is 0 Å². The molecule has 1 heterocycles. The van der Waals surface area contributed by atoms with Gasteiger partial charge in [-0.25, -0.2) is 9.18 Å². The Kier molecular flexibility index (Phi) is 10.7. The van der Waals surface area contributed by atoms with E-state index in [1.54, 1.807) is 0 Å². The summed E-state index contributed by atoms with van der Waals surface area (Å²) in [4.78, 5) is 11.5. The van der Waals surface area contributed by atoms with Gasteiger partial charge in [0.15, 0.2) is 0 Å². The Hall–Kier alpha value is -2.94. The number of furan rings is 1. The Morgan fingerprint density at radius 3 is 2.31 bits per heavy atom. The summed E-state index contributed by atoms with van der Waals surface area (Å²) in [5, 5.41) is 7.09. The van der Waals surface area contributed by atoms with Crippen molar-refractivity contribution < 1.29 is 27.8 Å². The van der Waals surface area contributed by atoms with Crippen LogP contribution in [-0.4, -0.2) is 51.2 Å². The highest BCUT2D eigenvalue weighted by molar-refractivity contribution is 5.78. The largest absolute Gasteiger partial charge is 0.461 e. The van der Waals surface area contributed by atoms with Crippen LogP contribution in [0.5, 0.6) is 0 Å². The van der Waals surface area contributed by atoms with E-state index in [4.69, 9.17) is 18.6 Å². The van der Waals surface area contributed by atoms with Crippen LogP contribution in [0.4, 0.5) is 9.18 Å². The quantitative estimate of drug-likeness (QED) is 0.303. The number of carbonyl (C=O) groups is 1. The maximum Gasteiger partial charge on any atom is 0.407 e. The number of ether oxygens (including phenoxy) is 3. The summed E-state index contributed by atoms with van der Waals surface area (Å²) in [7, 11) is 0. The number of hydrogen-bond acceptors (Lipinski definition) is 6. The lowest BCUT2D eigenvalue weighted by Gasteiger charge is -2.19. The van der Waals surface area contributed by atoms with Gasteiger partial charge in [0.1, 0.15) is 22.8 Å². The molecule has 0 fully saturated rings. The van der Waals surface area contributed by atoms with Crippen LogP contribution >= 0.6 is 0 Å². The molecule has 196 valence electrons. The first kappa shape index (κ1) is 27.6. The van der Waals surface area contributed by atoms with Crippen LogP contribution in [0.1, 0.15) is 37.7 Å². The number of halogens is 1. The Morgan fingerprint density at radius 2 is 1.58 bits per heavy atom. The van der Waals surface area contributed by atoms with Gasteiger partial charge < -0.3 is 29.3 Å². The number of fused-ring (bicyclic) bond motifs is 1. The molecule has 0 saturated carbocycles. The van der Waals surface area contributed by atoms with Gasteiger partial charge in [0.25, 0.3) is 0 Å². The SMILES string of the molecule is CC(C)(C)OC(=O)NCCOCCOCCNCc1ccc2cc(CCc3ccc(F)cc3)oc2c1. The molecule has 36 heavy (non-hydrogen) atoms. The van der Waals surface area contributed by atoms with E-state index in [-0.39, 0.29) is 5.82 Å². The van der Waals surface area contributed by atoms with Gasteiger partial charge in [-0.05, 0) is 62.6 Å². The van der Waals surface area contributed by atoms with E-state index in [9.17, 15) is 9.18 Å². The van der Waals surface area contributed by atoms with Crippen LogP contribution in [0.15, 0.2) is 52.9 Å². The maximum atomic E-state index is 13.1. The average Bonchev–Trinajstić information content (AvgIpc) is 3.23. The molecule has 0 unspecified atom stereocenters. The molecule has 0 bridgehead atoms. The zero-order valence-electron chi connectivity index (χ0n) is 21.4. The fourth-order valence-corrected chi connectivity index (χ4v) is 3.52. The van der Waals surface area contributed by atoms with Gasteiger partial charge in [0.05, 0.1) is 26.4 Å². The highest BCUT2D eigenvalue weighted by Gasteiger charge is 2.15. The average molecular weight is 501 g/mol. The molecule has 0 atom stereocenters. The number of benzene rings is 2. The lowest BCUT2D eigenvalue weighted by Crippen LogP contribution is -2.34. The van der Waals surface area contributed by atoms with Crippen molar-refractivity contribution in [2.45, 2.75) is 45.8 Å². The second-order valence-corrected chi connectivity index (χ2v) is 9.54. The molecular weight excluding hydrogens is 463 g/mol. The number of rotatable bonds is 14. The van der Waals surface area contributed by atoms with Crippen LogP contribution in [0, 0.1) is 5.82 Å². The number of nitrogens with one attached hydrogen (secondary N) is 2. The molecule has 0 saturated heterocycles. The Labute approximate surface area is 212 Å². The Morgan fingerprint density at radius 1 is 0.889 bits per heavy atom. The summed E-state index contributed by atoms with van der Waals surface area (Å²) in [6.45, 7) is 9.25. The topological polar surface area (TPSA) is 82.0 Å². The van der Waals surface area contributed by atoms with Crippen LogP contribution in [-0.2, 0) is 33.6 Å². The third-order valence-corrected chi connectivity index (χ3v) is 5.25. The molecule has 1 amide bonds. The summed E-state index contributed by atoms with van der Waals surface area (Å²) in [5.41, 5.74) is 2.60. The second kappa shape index (κ2) is 14.0. The van der Waals surface area contributed by atoms with Crippen LogP contribution in [0.2, 0.25) is 0 Å². The lowest BCUT2D eigenvalue weighted by atomic mass is 10.1.